The standard InChI is InChI=1S/C6H9F5N2S/c7-5(8,6(9,10)11)2-1-3-14-4(12)13/h1-3H2,(H3,12,13). The van der Waals surface area contributed by atoms with Crippen LogP contribution in [0.4, 0.5) is 22.0 Å². The monoisotopic (exact) mass is 236 g/mol. The molecule has 0 aliphatic carbocycles. The van der Waals surface area contributed by atoms with Gasteiger partial charge in [-0.3, -0.25) is 5.41 Å². The molecule has 3 N–H and O–H groups in total. The molecule has 0 heterocycles. The average Bonchev–Trinajstić information content (AvgIpc) is 1.95. The van der Waals surface area contributed by atoms with E-state index in [1.165, 1.54) is 0 Å². The zero-order valence-corrected chi connectivity index (χ0v) is 7.81. The van der Waals surface area contributed by atoms with Gasteiger partial charge < -0.3 is 5.73 Å². The van der Waals surface area contributed by atoms with E-state index < -0.39 is 18.5 Å². The molecule has 0 amide bonds. The van der Waals surface area contributed by atoms with Crippen molar-refractivity contribution in [3.8, 4) is 0 Å². The summed E-state index contributed by atoms with van der Waals surface area (Å²) in [6.45, 7) is 0. The van der Waals surface area contributed by atoms with E-state index in [9.17, 15) is 22.0 Å². The highest BCUT2D eigenvalue weighted by Gasteiger charge is 2.56. The highest BCUT2D eigenvalue weighted by Crippen LogP contribution is 2.38. The molecule has 14 heavy (non-hydrogen) atoms. The molecule has 0 spiro atoms. The van der Waals surface area contributed by atoms with Crippen LogP contribution in [0, 0.1) is 5.41 Å². The SMILES string of the molecule is N=C(N)SCCCC(F)(F)C(F)(F)F. The number of thioether (sulfide) groups is 1. The quantitative estimate of drug-likeness (QED) is 0.341. The lowest BCUT2D eigenvalue weighted by molar-refractivity contribution is -0.284. The summed E-state index contributed by atoms with van der Waals surface area (Å²) in [5, 5.41) is 6.39. The largest absolute Gasteiger partial charge is 0.453 e. The third-order valence-corrected chi connectivity index (χ3v) is 2.11. The van der Waals surface area contributed by atoms with Crippen molar-refractivity contribution in [2.24, 2.45) is 5.73 Å². The van der Waals surface area contributed by atoms with Gasteiger partial charge in [0.15, 0.2) is 5.17 Å². The summed E-state index contributed by atoms with van der Waals surface area (Å²) in [5.41, 5.74) is 4.86. The number of amidine groups is 1. The molecule has 0 aromatic heterocycles. The lowest BCUT2D eigenvalue weighted by atomic mass is 10.2. The number of halogens is 5. The van der Waals surface area contributed by atoms with Crippen LogP contribution >= 0.6 is 11.8 Å². The van der Waals surface area contributed by atoms with Gasteiger partial charge in [-0.25, -0.2) is 0 Å². The molecular formula is C6H9F5N2S. The van der Waals surface area contributed by atoms with Crippen molar-refractivity contribution >= 4 is 16.9 Å². The van der Waals surface area contributed by atoms with Crippen molar-refractivity contribution in [2.45, 2.75) is 24.9 Å². The van der Waals surface area contributed by atoms with E-state index in [-0.39, 0.29) is 17.3 Å². The Hall–Kier alpha value is -0.530. The second-order valence-electron chi connectivity index (χ2n) is 2.52. The molecule has 0 radical (unpaired) electrons. The predicted octanol–water partition coefficient (Wildman–Crippen LogP) is 2.59. The average molecular weight is 236 g/mol. The molecule has 0 aromatic carbocycles. The third-order valence-electron chi connectivity index (χ3n) is 1.31. The van der Waals surface area contributed by atoms with E-state index in [1.54, 1.807) is 0 Å². The second kappa shape index (κ2) is 4.81. The van der Waals surface area contributed by atoms with Crippen molar-refractivity contribution in [3.63, 3.8) is 0 Å². The molecule has 0 bridgehead atoms. The van der Waals surface area contributed by atoms with Crippen molar-refractivity contribution in [1.29, 1.82) is 5.41 Å². The molecule has 8 heteroatoms. The van der Waals surface area contributed by atoms with Crippen LogP contribution in [0.2, 0.25) is 0 Å². The number of nitrogens with one attached hydrogen (secondary N) is 1. The maximum absolute atomic E-state index is 12.2. The number of rotatable bonds is 4. The summed E-state index contributed by atoms with van der Waals surface area (Å²) in [6, 6.07) is 0. The lowest BCUT2D eigenvalue weighted by Crippen LogP contribution is -2.36. The predicted molar refractivity (Wildman–Crippen MR) is 44.6 cm³/mol. The first-order chi connectivity index (χ1) is 6.17. The van der Waals surface area contributed by atoms with Gasteiger partial charge in [0.05, 0.1) is 0 Å². The van der Waals surface area contributed by atoms with Crippen LogP contribution in [0.15, 0.2) is 0 Å². The van der Waals surface area contributed by atoms with E-state index in [0.29, 0.717) is 0 Å². The molecule has 0 fully saturated rings. The molecule has 0 aliphatic rings. The first-order valence-electron chi connectivity index (χ1n) is 3.58. The van der Waals surface area contributed by atoms with E-state index in [0.717, 1.165) is 11.8 Å². The fraction of sp³-hybridized carbons (Fsp3) is 0.833. The number of hydrogen-bond donors (Lipinski definition) is 2. The van der Waals surface area contributed by atoms with E-state index >= 15 is 0 Å². The van der Waals surface area contributed by atoms with Gasteiger partial charge in [0, 0.05) is 12.2 Å². The van der Waals surface area contributed by atoms with Crippen LogP contribution in [-0.2, 0) is 0 Å². The van der Waals surface area contributed by atoms with Crippen LogP contribution < -0.4 is 5.73 Å². The third kappa shape index (κ3) is 4.64. The summed E-state index contributed by atoms with van der Waals surface area (Å²) < 4.78 is 59.3. The second-order valence-corrected chi connectivity index (χ2v) is 3.66. The Kier molecular flexibility index (Phi) is 4.63. The molecule has 0 atom stereocenters. The van der Waals surface area contributed by atoms with Gasteiger partial charge >= 0.3 is 12.1 Å². The summed E-state index contributed by atoms with van der Waals surface area (Å²) in [7, 11) is 0. The van der Waals surface area contributed by atoms with Crippen molar-refractivity contribution in [3.05, 3.63) is 0 Å². The lowest BCUT2D eigenvalue weighted by Gasteiger charge is -2.18. The van der Waals surface area contributed by atoms with Gasteiger partial charge in [-0.1, -0.05) is 11.8 Å². The molecular weight excluding hydrogens is 227 g/mol. The molecule has 0 saturated carbocycles. The van der Waals surface area contributed by atoms with Gasteiger partial charge in [0.1, 0.15) is 0 Å². The first-order valence-corrected chi connectivity index (χ1v) is 4.57. The fourth-order valence-electron chi connectivity index (χ4n) is 0.618. The maximum atomic E-state index is 12.2. The minimum atomic E-state index is -5.49. The first kappa shape index (κ1) is 13.5. The van der Waals surface area contributed by atoms with Crippen LogP contribution in [-0.4, -0.2) is 23.0 Å². The Balaban J connectivity index is 3.83. The Bertz CT molecular complexity index is 203. The maximum Gasteiger partial charge on any atom is 0.453 e. The van der Waals surface area contributed by atoms with E-state index in [1.807, 2.05) is 0 Å². The van der Waals surface area contributed by atoms with Crippen molar-refractivity contribution in [2.75, 3.05) is 5.75 Å². The van der Waals surface area contributed by atoms with Crippen LogP contribution in [0.5, 0.6) is 0 Å². The van der Waals surface area contributed by atoms with E-state index in [4.69, 9.17) is 11.1 Å². The zero-order valence-electron chi connectivity index (χ0n) is 7.00. The molecule has 0 unspecified atom stereocenters. The van der Waals surface area contributed by atoms with Gasteiger partial charge in [-0.15, -0.1) is 0 Å². The minimum absolute atomic E-state index is 0.0129. The van der Waals surface area contributed by atoms with Gasteiger partial charge in [0.25, 0.3) is 0 Å². The molecule has 0 aliphatic heterocycles. The van der Waals surface area contributed by atoms with E-state index in [2.05, 4.69) is 0 Å². The van der Waals surface area contributed by atoms with Crippen LogP contribution in [0.3, 0.4) is 0 Å². The molecule has 0 rings (SSSR count). The van der Waals surface area contributed by atoms with Crippen molar-refractivity contribution < 1.29 is 22.0 Å². The summed E-state index contributed by atoms with van der Waals surface area (Å²) in [5.74, 6) is -4.66. The van der Waals surface area contributed by atoms with Gasteiger partial charge in [-0.2, -0.15) is 22.0 Å². The fourth-order valence-corrected chi connectivity index (χ4v) is 1.13. The van der Waals surface area contributed by atoms with Crippen LogP contribution in [0.1, 0.15) is 12.8 Å². The topological polar surface area (TPSA) is 49.9 Å². The molecule has 0 saturated heterocycles. The Labute approximate surface area is 81.5 Å². The Morgan fingerprint density at radius 1 is 1.21 bits per heavy atom. The highest BCUT2D eigenvalue weighted by molar-refractivity contribution is 8.13. The smallest absolute Gasteiger partial charge is 0.379 e. The zero-order chi connectivity index (χ0) is 11.4. The number of alkyl halides is 5. The Morgan fingerprint density at radius 3 is 2.07 bits per heavy atom. The van der Waals surface area contributed by atoms with Gasteiger partial charge in [0.2, 0.25) is 0 Å². The summed E-state index contributed by atoms with van der Waals surface area (Å²) >= 11 is 0.743. The molecule has 2 nitrogen and oxygen atoms in total. The Morgan fingerprint density at radius 2 is 1.71 bits per heavy atom. The molecule has 0 aromatic rings. The normalized spacial score (nSPS) is 12.9. The summed E-state index contributed by atoms with van der Waals surface area (Å²) in [6.07, 6.45) is -7.10. The van der Waals surface area contributed by atoms with Crippen LogP contribution in [0.25, 0.3) is 0 Å². The highest BCUT2D eigenvalue weighted by atomic mass is 32.2. The van der Waals surface area contributed by atoms with Gasteiger partial charge in [-0.05, 0) is 6.42 Å². The molecule has 84 valence electrons. The minimum Gasteiger partial charge on any atom is -0.379 e. The number of hydrogen-bond acceptors (Lipinski definition) is 2. The number of nitrogens with two attached hydrogens (primary N) is 1. The summed E-state index contributed by atoms with van der Waals surface area (Å²) in [4.78, 5) is 0. The van der Waals surface area contributed by atoms with Crippen molar-refractivity contribution in [1.82, 2.24) is 0 Å².